The maximum absolute atomic E-state index is 13.7. The molecule has 0 heterocycles. The highest BCUT2D eigenvalue weighted by atomic mass is 16.5. The summed E-state index contributed by atoms with van der Waals surface area (Å²) in [5, 5.41) is 52.7. The molecule has 10 nitrogen and oxygen atoms in total. The van der Waals surface area contributed by atoms with Gasteiger partial charge in [-0.25, -0.2) is 0 Å². The van der Waals surface area contributed by atoms with Crippen molar-refractivity contribution in [3.63, 3.8) is 0 Å². The summed E-state index contributed by atoms with van der Waals surface area (Å²) in [5.74, 6) is 0.907. The van der Waals surface area contributed by atoms with E-state index in [-0.39, 0.29) is 5.56 Å². The Kier molecular flexibility index (Phi) is 47.2. The lowest BCUT2D eigenvalue weighted by molar-refractivity contribution is -0.113. The van der Waals surface area contributed by atoms with Crippen LogP contribution >= 0.6 is 0 Å². The molecule has 0 bridgehead atoms. The van der Waals surface area contributed by atoms with E-state index >= 15 is 0 Å². The molecule has 0 fully saturated rings. The van der Waals surface area contributed by atoms with Crippen molar-refractivity contribution >= 4 is 5.91 Å². The quantitative estimate of drug-likeness (QED) is 0.0350. The minimum atomic E-state index is -1.78. The smallest absolute Gasteiger partial charge is 0.251 e. The molecule has 1 aromatic carbocycles. The third kappa shape index (κ3) is 38.2. The van der Waals surface area contributed by atoms with Gasteiger partial charge in [-0.05, 0) is 31.4 Å². The average molecular weight is 1010 g/mol. The van der Waals surface area contributed by atoms with Crippen LogP contribution in [0.4, 0.5) is 0 Å². The molecular formula is C61H115NO9. The second-order valence-electron chi connectivity index (χ2n) is 21.1. The van der Waals surface area contributed by atoms with E-state index in [0.717, 1.165) is 51.4 Å². The minimum absolute atomic E-state index is 0.262. The lowest BCUT2D eigenvalue weighted by Gasteiger charge is -2.25. The largest absolute Gasteiger partial charge is 0.490 e. The van der Waals surface area contributed by atoms with E-state index in [4.69, 9.17) is 14.2 Å². The van der Waals surface area contributed by atoms with Crippen LogP contribution in [-0.4, -0.2) is 88.8 Å². The molecule has 0 aliphatic carbocycles. The Morgan fingerprint density at radius 1 is 0.394 bits per heavy atom. The number of ether oxygens (including phenoxy) is 3. The average Bonchev–Trinajstić information content (AvgIpc) is 3.38. The lowest BCUT2D eigenvalue weighted by Crippen LogP contribution is -2.49. The van der Waals surface area contributed by atoms with Gasteiger partial charge in [-0.15, -0.1) is 0 Å². The van der Waals surface area contributed by atoms with Crippen LogP contribution in [0.25, 0.3) is 0 Å². The number of hydrogen-bond donors (Lipinski definition) is 6. The lowest BCUT2D eigenvalue weighted by atomic mass is 10.0. The fourth-order valence-electron chi connectivity index (χ4n) is 9.48. The number of benzene rings is 1. The van der Waals surface area contributed by atoms with E-state index in [1.165, 1.54) is 218 Å². The standard InChI is InChI=1S/C61H115NO9/c1-4-7-10-13-16-19-22-25-28-31-34-37-40-43-46-69-56-49-53(61(68)62-51-54(64)58(66)59(67)55(65)52-63)50-57(70-47-44-41-38-35-32-29-26-23-20-17-14-11-8-5-2)60(56)71-48-45-42-39-36-33-30-27-24-21-18-15-12-9-6-3/h49-50,54-55,58-59,63-67H,4-48,51-52H2,1-3H3,(H,62,68)/t54-,55+,58+,59+/m0/s1. The highest BCUT2D eigenvalue weighted by Gasteiger charge is 2.30. The molecule has 4 atom stereocenters. The van der Waals surface area contributed by atoms with E-state index in [1.54, 1.807) is 12.1 Å². The first-order valence-electron chi connectivity index (χ1n) is 30.5. The molecule has 0 saturated carbocycles. The highest BCUT2D eigenvalue weighted by molar-refractivity contribution is 5.95. The van der Waals surface area contributed by atoms with Crippen molar-refractivity contribution in [2.75, 3.05) is 33.0 Å². The van der Waals surface area contributed by atoms with Crippen molar-refractivity contribution < 1.29 is 44.5 Å². The molecule has 0 aliphatic rings. The zero-order valence-corrected chi connectivity index (χ0v) is 46.6. The number of carbonyl (C=O) groups is 1. The highest BCUT2D eigenvalue weighted by Crippen LogP contribution is 2.40. The summed E-state index contributed by atoms with van der Waals surface area (Å²) in [4.78, 5) is 13.7. The van der Waals surface area contributed by atoms with Gasteiger partial charge < -0.3 is 45.1 Å². The number of carbonyl (C=O) groups excluding carboxylic acids is 1. The van der Waals surface area contributed by atoms with Gasteiger partial charge in [-0.1, -0.05) is 271 Å². The molecule has 0 unspecified atom stereocenters. The van der Waals surface area contributed by atoms with Crippen LogP contribution in [0.5, 0.6) is 17.2 Å². The molecular weight excluding hydrogens is 891 g/mol. The first-order chi connectivity index (χ1) is 34.8. The molecule has 71 heavy (non-hydrogen) atoms. The zero-order chi connectivity index (χ0) is 51.7. The van der Waals surface area contributed by atoms with Crippen LogP contribution in [0.2, 0.25) is 0 Å². The van der Waals surface area contributed by atoms with Gasteiger partial charge in [0.15, 0.2) is 11.5 Å². The van der Waals surface area contributed by atoms with Crippen molar-refractivity contribution in [2.24, 2.45) is 0 Å². The van der Waals surface area contributed by atoms with E-state index in [1.807, 2.05) is 0 Å². The molecule has 0 spiro atoms. The molecule has 1 rings (SSSR count). The van der Waals surface area contributed by atoms with Gasteiger partial charge in [-0.3, -0.25) is 4.79 Å². The van der Waals surface area contributed by atoms with Crippen molar-refractivity contribution in [1.82, 2.24) is 5.32 Å². The second kappa shape index (κ2) is 50.1. The molecule has 6 N–H and O–H groups in total. The Labute approximate surface area is 437 Å². The predicted molar refractivity (Wildman–Crippen MR) is 297 cm³/mol. The SMILES string of the molecule is CCCCCCCCCCCCCCCCOc1cc(C(=O)NC[C@H](O)[C@@H](O)[C@H](O)[C@H](O)CO)cc(OCCCCCCCCCCCCCCCC)c1OCCCCCCCCCCCCCCCC. The van der Waals surface area contributed by atoms with E-state index in [2.05, 4.69) is 26.1 Å². The zero-order valence-electron chi connectivity index (χ0n) is 46.6. The van der Waals surface area contributed by atoms with Crippen LogP contribution in [-0.2, 0) is 0 Å². The summed E-state index contributed by atoms with van der Waals surface area (Å²) in [5.41, 5.74) is 0.262. The van der Waals surface area contributed by atoms with E-state index in [9.17, 15) is 30.3 Å². The van der Waals surface area contributed by atoms with Crippen LogP contribution in [0.15, 0.2) is 12.1 Å². The maximum Gasteiger partial charge on any atom is 0.251 e. The van der Waals surface area contributed by atoms with Gasteiger partial charge in [-0.2, -0.15) is 0 Å². The fraction of sp³-hybridized carbons (Fsp3) is 0.885. The molecule has 0 aromatic heterocycles. The Hall–Kier alpha value is -2.11. The van der Waals surface area contributed by atoms with Crippen LogP contribution in [0, 0.1) is 0 Å². The summed E-state index contributed by atoms with van der Waals surface area (Å²) in [7, 11) is 0. The molecule has 10 heteroatoms. The third-order valence-corrected chi connectivity index (χ3v) is 14.3. The Morgan fingerprint density at radius 3 is 0.930 bits per heavy atom. The van der Waals surface area contributed by atoms with Crippen LogP contribution < -0.4 is 19.5 Å². The number of rotatable bonds is 55. The van der Waals surface area contributed by atoms with Gasteiger partial charge in [0.25, 0.3) is 5.91 Å². The number of aliphatic hydroxyl groups excluding tert-OH is 5. The first-order valence-corrected chi connectivity index (χ1v) is 30.5. The summed E-state index contributed by atoms with van der Waals surface area (Å²) in [6.07, 6.45) is 46.7. The summed E-state index contributed by atoms with van der Waals surface area (Å²) in [6, 6.07) is 3.35. The van der Waals surface area contributed by atoms with Gasteiger partial charge in [0.2, 0.25) is 5.75 Å². The number of unbranched alkanes of at least 4 members (excludes halogenated alkanes) is 39. The minimum Gasteiger partial charge on any atom is -0.490 e. The Bertz CT molecular complexity index is 1240. The van der Waals surface area contributed by atoms with Crippen LogP contribution in [0.1, 0.15) is 301 Å². The van der Waals surface area contributed by atoms with Gasteiger partial charge in [0.05, 0.1) is 32.5 Å². The Morgan fingerprint density at radius 2 is 0.648 bits per heavy atom. The summed E-state index contributed by atoms with van der Waals surface area (Å²) in [6.45, 7) is 7.11. The van der Waals surface area contributed by atoms with Crippen molar-refractivity contribution in [2.45, 2.75) is 315 Å². The van der Waals surface area contributed by atoms with E-state index in [0.29, 0.717) is 37.1 Å². The second-order valence-corrected chi connectivity index (χ2v) is 21.1. The molecule has 418 valence electrons. The molecule has 1 aromatic rings. The van der Waals surface area contributed by atoms with Gasteiger partial charge in [0, 0.05) is 12.1 Å². The predicted octanol–water partition coefficient (Wildman–Crippen LogP) is 15.4. The van der Waals surface area contributed by atoms with Crippen molar-refractivity contribution in [3.05, 3.63) is 17.7 Å². The monoisotopic (exact) mass is 1010 g/mol. The summed E-state index contributed by atoms with van der Waals surface area (Å²) < 4.78 is 19.4. The van der Waals surface area contributed by atoms with Crippen molar-refractivity contribution in [1.29, 1.82) is 0 Å². The Balaban J connectivity index is 2.91. The topological polar surface area (TPSA) is 158 Å². The van der Waals surface area contributed by atoms with Gasteiger partial charge in [0.1, 0.15) is 18.3 Å². The fourth-order valence-corrected chi connectivity index (χ4v) is 9.48. The third-order valence-electron chi connectivity index (χ3n) is 14.3. The number of amides is 1. The number of hydrogen-bond acceptors (Lipinski definition) is 9. The van der Waals surface area contributed by atoms with Crippen LogP contribution in [0.3, 0.4) is 0 Å². The first kappa shape index (κ1) is 66.9. The van der Waals surface area contributed by atoms with Gasteiger partial charge >= 0.3 is 0 Å². The molecule has 0 saturated heterocycles. The number of nitrogens with one attached hydrogen (secondary N) is 1. The maximum atomic E-state index is 13.7. The normalized spacial score (nSPS) is 13.3. The molecule has 1 amide bonds. The molecule has 0 aliphatic heterocycles. The molecule has 0 radical (unpaired) electrons. The van der Waals surface area contributed by atoms with E-state index < -0.39 is 43.5 Å². The van der Waals surface area contributed by atoms with Crippen molar-refractivity contribution in [3.8, 4) is 17.2 Å². The number of aliphatic hydroxyl groups is 5. The summed E-state index contributed by atoms with van der Waals surface area (Å²) >= 11 is 0.